The minimum Gasteiger partial charge on any atom is -0.357 e. The van der Waals surface area contributed by atoms with Crippen LogP contribution in [0.25, 0.3) is 0 Å². The summed E-state index contributed by atoms with van der Waals surface area (Å²) in [6.45, 7) is 8.67. The Balaban J connectivity index is 0.00000420. The molecule has 0 bridgehead atoms. The second-order valence-electron chi connectivity index (χ2n) is 6.99. The van der Waals surface area contributed by atoms with Crippen LogP contribution in [0.3, 0.4) is 0 Å². The summed E-state index contributed by atoms with van der Waals surface area (Å²) in [6, 6.07) is 16.3. The fourth-order valence-electron chi connectivity index (χ4n) is 2.99. The number of halogens is 1. The van der Waals surface area contributed by atoms with Gasteiger partial charge in [0.1, 0.15) is 0 Å². The standard InChI is InChI=1S/C23H32N4O.HI/c1-5-25-23(27-16-18(3)20-10-6-8-17(2)14-20)26-13-12-19-9-7-11-21(15-19)22(28)24-4;/h6-11,14-15,18H,5,12-13,16H2,1-4H3,(H,24,28)(H2,25,26,27);1H. The van der Waals surface area contributed by atoms with Crippen LogP contribution in [0.4, 0.5) is 0 Å². The van der Waals surface area contributed by atoms with Gasteiger partial charge in [-0.15, -0.1) is 24.0 Å². The van der Waals surface area contributed by atoms with Gasteiger partial charge in [-0.2, -0.15) is 0 Å². The summed E-state index contributed by atoms with van der Waals surface area (Å²) in [5.74, 6) is 1.12. The normalized spacial score (nSPS) is 11.9. The predicted molar refractivity (Wildman–Crippen MR) is 133 cm³/mol. The lowest BCUT2D eigenvalue weighted by molar-refractivity contribution is 0.0963. The van der Waals surface area contributed by atoms with Gasteiger partial charge in [-0.3, -0.25) is 9.79 Å². The lowest BCUT2D eigenvalue weighted by Gasteiger charge is -2.14. The number of aliphatic imine (C=N–C) groups is 1. The Morgan fingerprint density at radius 3 is 2.55 bits per heavy atom. The van der Waals surface area contributed by atoms with E-state index in [1.54, 1.807) is 7.05 Å². The summed E-state index contributed by atoms with van der Waals surface area (Å²) in [5, 5.41) is 9.35. The average molecular weight is 508 g/mol. The van der Waals surface area contributed by atoms with E-state index < -0.39 is 0 Å². The van der Waals surface area contributed by atoms with E-state index in [1.165, 1.54) is 11.1 Å². The molecule has 1 unspecified atom stereocenters. The van der Waals surface area contributed by atoms with Crippen LogP contribution in [0.2, 0.25) is 0 Å². The number of rotatable bonds is 8. The first-order valence-electron chi connectivity index (χ1n) is 9.93. The molecule has 0 aliphatic heterocycles. The van der Waals surface area contributed by atoms with Gasteiger partial charge < -0.3 is 16.0 Å². The summed E-state index contributed by atoms with van der Waals surface area (Å²) in [5.41, 5.74) is 4.40. The molecular weight excluding hydrogens is 475 g/mol. The maximum atomic E-state index is 11.8. The van der Waals surface area contributed by atoms with E-state index in [0.29, 0.717) is 11.5 Å². The molecule has 1 amide bonds. The first-order chi connectivity index (χ1) is 13.5. The molecule has 2 aromatic rings. The smallest absolute Gasteiger partial charge is 0.251 e. The summed E-state index contributed by atoms with van der Waals surface area (Å²) in [6.07, 6.45) is 0.822. The van der Waals surface area contributed by atoms with Crippen molar-refractivity contribution in [2.45, 2.75) is 33.1 Å². The predicted octanol–water partition coefficient (Wildman–Crippen LogP) is 3.87. The molecule has 0 saturated carbocycles. The van der Waals surface area contributed by atoms with Crippen molar-refractivity contribution in [3.05, 3.63) is 70.8 Å². The number of guanidine groups is 1. The van der Waals surface area contributed by atoms with Crippen LogP contribution in [0.1, 0.15) is 46.8 Å². The maximum absolute atomic E-state index is 11.8. The highest BCUT2D eigenvalue weighted by Crippen LogP contribution is 2.16. The highest BCUT2D eigenvalue weighted by molar-refractivity contribution is 14.0. The summed E-state index contributed by atoms with van der Waals surface area (Å²) in [7, 11) is 1.65. The number of aryl methyl sites for hydroxylation is 1. The molecule has 3 N–H and O–H groups in total. The van der Waals surface area contributed by atoms with E-state index in [9.17, 15) is 4.79 Å². The molecule has 0 spiro atoms. The van der Waals surface area contributed by atoms with E-state index in [0.717, 1.165) is 37.6 Å². The zero-order chi connectivity index (χ0) is 20.4. The van der Waals surface area contributed by atoms with Crippen LogP contribution in [0.15, 0.2) is 53.5 Å². The van der Waals surface area contributed by atoms with Crippen molar-refractivity contribution >= 4 is 35.8 Å². The van der Waals surface area contributed by atoms with E-state index in [-0.39, 0.29) is 29.9 Å². The fraction of sp³-hybridized carbons (Fsp3) is 0.391. The number of carbonyl (C=O) groups is 1. The molecule has 6 heteroatoms. The van der Waals surface area contributed by atoms with Gasteiger partial charge in [0, 0.05) is 38.2 Å². The molecule has 29 heavy (non-hydrogen) atoms. The quantitative estimate of drug-likeness (QED) is 0.288. The first kappa shape index (κ1) is 24.9. The lowest BCUT2D eigenvalue weighted by atomic mass is 10.00. The number of benzene rings is 2. The van der Waals surface area contributed by atoms with Gasteiger partial charge in [-0.1, -0.05) is 48.9 Å². The van der Waals surface area contributed by atoms with Crippen LogP contribution in [-0.2, 0) is 6.42 Å². The van der Waals surface area contributed by atoms with Crippen molar-refractivity contribution in [3.63, 3.8) is 0 Å². The second kappa shape index (κ2) is 13.2. The van der Waals surface area contributed by atoms with Gasteiger partial charge >= 0.3 is 0 Å². The van der Waals surface area contributed by atoms with Crippen LogP contribution < -0.4 is 16.0 Å². The average Bonchev–Trinajstić information content (AvgIpc) is 2.71. The second-order valence-corrected chi connectivity index (χ2v) is 6.99. The van der Waals surface area contributed by atoms with Gasteiger partial charge in [0.25, 0.3) is 5.91 Å². The first-order valence-corrected chi connectivity index (χ1v) is 9.93. The maximum Gasteiger partial charge on any atom is 0.251 e. The third-order valence-electron chi connectivity index (χ3n) is 4.60. The number of nitrogens with one attached hydrogen (secondary N) is 3. The number of hydrogen-bond donors (Lipinski definition) is 3. The van der Waals surface area contributed by atoms with E-state index in [2.05, 4.69) is 61.0 Å². The van der Waals surface area contributed by atoms with Crippen molar-refractivity contribution in [3.8, 4) is 0 Å². The summed E-state index contributed by atoms with van der Waals surface area (Å²) < 4.78 is 0. The molecule has 0 saturated heterocycles. The van der Waals surface area contributed by atoms with E-state index in [4.69, 9.17) is 4.99 Å². The zero-order valence-corrected chi connectivity index (χ0v) is 20.1. The zero-order valence-electron chi connectivity index (χ0n) is 17.8. The summed E-state index contributed by atoms with van der Waals surface area (Å²) in [4.78, 5) is 16.5. The summed E-state index contributed by atoms with van der Waals surface area (Å²) >= 11 is 0. The van der Waals surface area contributed by atoms with E-state index >= 15 is 0 Å². The van der Waals surface area contributed by atoms with Gasteiger partial charge in [-0.25, -0.2) is 0 Å². The number of nitrogens with zero attached hydrogens (tertiary/aromatic N) is 1. The van der Waals surface area contributed by atoms with Gasteiger partial charge in [0.05, 0.1) is 0 Å². The number of amides is 1. The minimum absolute atomic E-state index is 0. The van der Waals surface area contributed by atoms with Crippen LogP contribution in [-0.4, -0.2) is 38.5 Å². The van der Waals surface area contributed by atoms with Crippen molar-refractivity contribution in [1.29, 1.82) is 0 Å². The Labute approximate surface area is 191 Å². The van der Waals surface area contributed by atoms with Crippen molar-refractivity contribution < 1.29 is 4.79 Å². The van der Waals surface area contributed by atoms with Crippen molar-refractivity contribution in [1.82, 2.24) is 16.0 Å². The fourth-order valence-corrected chi connectivity index (χ4v) is 2.99. The molecular formula is C23H33IN4O. The highest BCUT2D eigenvalue weighted by Gasteiger charge is 2.07. The molecule has 0 aliphatic rings. The molecule has 5 nitrogen and oxygen atoms in total. The molecule has 0 aromatic heterocycles. The largest absolute Gasteiger partial charge is 0.357 e. The molecule has 0 fully saturated rings. The molecule has 0 aliphatic carbocycles. The number of carbonyl (C=O) groups excluding carboxylic acids is 1. The Morgan fingerprint density at radius 2 is 1.86 bits per heavy atom. The van der Waals surface area contributed by atoms with Crippen LogP contribution >= 0.6 is 24.0 Å². The van der Waals surface area contributed by atoms with E-state index in [1.807, 2.05) is 24.3 Å². The Morgan fingerprint density at radius 1 is 1.10 bits per heavy atom. The van der Waals surface area contributed by atoms with Crippen molar-refractivity contribution in [2.75, 3.05) is 26.7 Å². The molecule has 0 heterocycles. The molecule has 158 valence electrons. The van der Waals surface area contributed by atoms with Crippen LogP contribution in [0, 0.1) is 6.92 Å². The molecule has 1 atom stereocenters. The third-order valence-corrected chi connectivity index (χ3v) is 4.60. The number of hydrogen-bond acceptors (Lipinski definition) is 2. The minimum atomic E-state index is -0.0603. The van der Waals surface area contributed by atoms with Gasteiger partial charge in [-0.05, 0) is 43.5 Å². The molecule has 2 aromatic carbocycles. The monoisotopic (exact) mass is 508 g/mol. The lowest BCUT2D eigenvalue weighted by Crippen LogP contribution is -2.38. The topological polar surface area (TPSA) is 65.5 Å². The Hall–Kier alpha value is -2.09. The molecule has 2 rings (SSSR count). The van der Waals surface area contributed by atoms with Gasteiger partial charge in [0.2, 0.25) is 0 Å². The van der Waals surface area contributed by atoms with Crippen LogP contribution in [0.5, 0.6) is 0 Å². The third kappa shape index (κ3) is 8.43. The Bertz CT molecular complexity index is 807. The SMILES string of the molecule is CCNC(=NCC(C)c1cccc(C)c1)NCCc1cccc(C(=O)NC)c1.I. The van der Waals surface area contributed by atoms with Gasteiger partial charge in [0.15, 0.2) is 5.96 Å². The van der Waals surface area contributed by atoms with Crippen molar-refractivity contribution in [2.24, 2.45) is 4.99 Å². The Kier molecular flexibility index (Phi) is 11.3. The highest BCUT2D eigenvalue weighted by atomic mass is 127. The molecule has 0 radical (unpaired) electrons.